The number of nitrogens with one attached hydrogen (secondary N) is 1. The number of hydrogen-bond donors (Lipinski definition) is 2. The molecule has 3 N–H and O–H groups in total. The molecule has 1 amide bonds. The second-order valence-electron chi connectivity index (χ2n) is 5.41. The van der Waals surface area contributed by atoms with Crippen molar-refractivity contribution >= 4 is 18.3 Å². The summed E-state index contributed by atoms with van der Waals surface area (Å²) in [5, 5.41) is 6.71. The molecular formula is C13H25ClN4O2. The second-order valence-corrected chi connectivity index (χ2v) is 5.41. The molecule has 116 valence electrons. The van der Waals surface area contributed by atoms with E-state index in [1.165, 1.54) is 0 Å². The molecule has 0 radical (unpaired) electrons. The van der Waals surface area contributed by atoms with Crippen molar-refractivity contribution < 1.29 is 9.32 Å². The van der Waals surface area contributed by atoms with Crippen molar-refractivity contribution in [1.29, 1.82) is 0 Å². The third-order valence-corrected chi connectivity index (χ3v) is 3.49. The van der Waals surface area contributed by atoms with E-state index in [2.05, 4.69) is 15.5 Å². The molecule has 7 heteroatoms. The third kappa shape index (κ3) is 5.46. The predicted octanol–water partition coefficient (Wildman–Crippen LogP) is 1.61. The van der Waals surface area contributed by atoms with Crippen molar-refractivity contribution in [2.24, 2.45) is 11.7 Å². The van der Waals surface area contributed by atoms with Gasteiger partial charge in [0.05, 0.1) is 5.54 Å². The smallest absolute Gasteiger partial charge is 0.226 e. The normalized spacial score (nSPS) is 13.7. The quantitative estimate of drug-likeness (QED) is 0.798. The van der Waals surface area contributed by atoms with Crippen molar-refractivity contribution in [3.05, 3.63) is 11.7 Å². The Morgan fingerprint density at radius 1 is 1.50 bits per heavy atom. The maximum atomic E-state index is 11.9. The monoisotopic (exact) mass is 304 g/mol. The molecule has 20 heavy (non-hydrogen) atoms. The molecule has 0 aliphatic heterocycles. The van der Waals surface area contributed by atoms with E-state index in [4.69, 9.17) is 10.3 Å². The molecule has 0 saturated carbocycles. The Hall–Kier alpha value is -1.14. The van der Waals surface area contributed by atoms with Crippen LogP contribution in [0.25, 0.3) is 0 Å². The highest BCUT2D eigenvalue weighted by molar-refractivity contribution is 5.85. The highest BCUT2D eigenvalue weighted by Crippen LogP contribution is 2.15. The molecular weight excluding hydrogens is 280 g/mol. The SMILES string of the molecule is Cc1noc(CCCC(=O)NC(C)(CN)C(C)C)n1.Cl. The molecule has 0 fully saturated rings. The van der Waals surface area contributed by atoms with Crippen LogP contribution in [-0.2, 0) is 11.2 Å². The molecule has 6 nitrogen and oxygen atoms in total. The van der Waals surface area contributed by atoms with Crippen molar-refractivity contribution in [2.45, 2.75) is 52.5 Å². The first-order valence-corrected chi connectivity index (χ1v) is 6.67. The maximum absolute atomic E-state index is 11.9. The fraction of sp³-hybridized carbons (Fsp3) is 0.769. The number of rotatable bonds is 7. The number of carbonyl (C=O) groups is 1. The first-order chi connectivity index (χ1) is 8.87. The van der Waals surface area contributed by atoms with E-state index in [1.807, 2.05) is 20.8 Å². The molecule has 0 spiro atoms. The van der Waals surface area contributed by atoms with Gasteiger partial charge in [-0.3, -0.25) is 4.79 Å². The predicted molar refractivity (Wildman–Crippen MR) is 79.7 cm³/mol. The number of nitrogens with zero attached hydrogens (tertiary/aromatic N) is 2. The van der Waals surface area contributed by atoms with Crippen LogP contribution in [0.5, 0.6) is 0 Å². The molecule has 1 heterocycles. The van der Waals surface area contributed by atoms with Crippen molar-refractivity contribution in [1.82, 2.24) is 15.5 Å². The molecule has 1 atom stereocenters. The minimum absolute atomic E-state index is 0. The van der Waals surface area contributed by atoms with Gasteiger partial charge in [-0.2, -0.15) is 4.98 Å². The van der Waals surface area contributed by atoms with Crippen molar-refractivity contribution in [3.63, 3.8) is 0 Å². The van der Waals surface area contributed by atoms with Gasteiger partial charge in [0.25, 0.3) is 0 Å². The van der Waals surface area contributed by atoms with E-state index in [0.29, 0.717) is 43.4 Å². The maximum Gasteiger partial charge on any atom is 0.226 e. The summed E-state index contributed by atoms with van der Waals surface area (Å²) in [6.07, 6.45) is 1.74. The Morgan fingerprint density at radius 2 is 2.15 bits per heavy atom. The van der Waals surface area contributed by atoms with Gasteiger partial charge in [-0.1, -0.05) is 19.0 Å². The summed E-state index contributed by atoms with van der Waals surface area (Å²) >= 11 is 0. The van der Waals surface area contributed by atoms with Gasteiger partial charge >= 0.3 is 0 Å². The standard InChI is InChI=1S/C13H24N4O2.ClH/c1-9(2)13(4,8-14)16-11(18)6-5-7-12-15-10(3)17-19-12;/h9H,5-8,14H2,1-4H3,(H,16,18);1H. The lowest BCUT2D eigenvalue weighted by Crippen LogP contribution is -2.54. The summed E-state index contributed by atoms with van der Waals surface area (Å²) in [4.78, 5) is 16.0. The number of hydrogen-bond acceptors (Lipinski definition) is 5. The second kappa shape index (κ2) is 8.21. The van der Waals surface area contributed by atoms with E-state index < -0.39 is 0 Å². The zero-order valence-electron chi connectivity index (χ0n) is 12.6. The third-order valence-electron chi connectivity index (χ3n) is 3.49. The minimum atomic E-state index is -0.349. The van der Waals surface area contributed by atoms with Crippen molar-refractivity contribution in [2.75, 3.05) is 6.54 Å². The van der Waals surface area contributed by atoms with Gasteiger partial charge in [0.1, 0.15) is 0 Å². The van der Waals surface area contributed by atoms with E-state index in [0.717, 1.165) is 0 Å². The zero-order valence-corrected chi connectivity index (χ0v) is 13.4. The molecule has 0 aromatic carbocycles. The van der Waals surface area contributed by atoms with Gasteiger partial charge in [0, 0.05) is 19.4 Å². The van der Waals surface area contributed by atoms with E-state index >= 15 is 0 Å². The summed E-state index contributed by atoms with van der Waals surface area (Å²) in [6.45, 7) is 8.27. The highest BCUT2D eigenvalue weighted by Gasteiger charge is 2.28. The Labute approximate surface area is 126 Å². The summed E-state index contributed by atoms with van der Waals surface area (Å²) in [7, 11) is 0. The lowest BCUT2D eigenvalue weighted by Gasteiger charge is -2.33. The molecule has 0 aliphatic rings. The van der Waals surface area contributed by atoms with Gasteiger partial charge in [0.15, 0.2) is 5.82 Å². The average molecular weight is 305 g/mol. The molecule has 0 saturated heterocycles. The lowest BCUT2D eigenvalue weighted by molar-refractivity contribution is -0.123. The number of halogens is 1. The van der Waals surface area contributed by atoms with Crippen LogP contribution in [0, 0.1) is 12.8 Å². The Morgan fingerprint density at radius 3 is 2.60 bits per heavy atom. The zero-order chi connectivity index (χ0) is 14.5. The van der Waals surface area contributed by atoms with Crippen LogP contribution in [0.4, 0.5) is 0 Å². The van der Waals surface area contributed by atoms with E-state index in [9.17, 15) is 4.79 Å². The first kappa shape index (κ1) is 18.9. The van der Waals surface area contributed by atoms with Gasteiger partial charge in [-0.05, 0) is 26.2 Å². The number of carbonyl (C=O) groups excluding carboxylic acids is 1. The number of nitrogens with two attached hydrogens (primary N) is 1. The number of aryl methyl sites for hydroxylation is 2. The highest BCUT2D eigenvalue weighted by atomic mass is 35.5. The van der Waals surface area contributed by atoms with Crippen molar-refractivity contribution in [3.8, 4) is 0 Å². The van der Waals surface area contributed by atoms with E-state index in [-0.39, 0.29) is 23.9 Å². The van der Waals surface area contributed by atoms with Crippen LogP contribution in [0.1, 0.15) is 45.3 Å². The van der Waals surface area contributed by atoms with Crippen LogP contribution in [0.15, 0.2) is 4.52 Å². The molecule has 1 aromatic rings. The Kier molecular flexibility index (Phi) is 7.75. The summed E-state index contributed by atoms with van der Waals surface area (Å²) < 4.78 is 4.99. The van der Waals surface area contributed by atoms with Gasteiger partial charge in [0.2, 0.25) is 11.8 Å². The average Bonchev–Trinajstić information content (AvgIpc) is 2.74. The molecule has 0 aliphatic carbocycles. The Bertz CT molecular complexity index is 422. The largest absolute Gasteiger partial charge is 0.349 e. The topological polar surface area (TPSA) is 94.0 Å². The lowest BCUT2D eigenvalue weighted by atomic mass is 9.88. The van der Waals surface area contributed by atoms with Crippen LogP contribution in [0.2, 0.25) is 0 Å². The van der Waals surface area contributed by atoms with E-state index in [1.54, 1.807) is 6.92 Å². The van der Waals surface area contributed by atoms with Gasteiger partial charge in [-0.15, -0.1) is 12.4 Å². The minimum Gasteiger partial charge on any atom is -0.349 e. The van der Waals surface area contributed by atoms with Crippen LogP contribution in [0.3, 0.4) is 0 Å². The number of amides is 1. The summed E-state index contributed by atoms with van der Waals surface area (Å²) in [5.41, 5.74) is 5.38. The number of aromatic nitrogens is 2. The van der Waals surface area contributed by atoms with Gasteiger partial charge < -0.3 is 15.6 Å². The Balaban J connectivity index is 0.00000361. The first-order valence-electron chi connectivity index (χ1n) is 6.67. The molecule has 1 aromatic heterocycles. The summed E-state index contributed by atoms with van der Waals surface area (Å²) in [5.74, 6) is 1.50. The fourth-order valence-electron chi connectivity index (χ4n) is 1.65. The van der Waals surface area contributed by atoms with Crippen LogP contribution < -0.4 is 11.1 Å². The van der Waals surface area contributed by atoms with Crippen LogP contribution in [-0.4, -0.2) is 28.1 Å². The fourth-order valence-corrected chi connectivity index (χ4v) is 1.65. The molecule has 1 rings (SSSR count). The van der Waals surface area contributed by atoms with Gasteiger partial charge in [-0.25, -0.2) is 0 Å². The summed E-state index contributed by atoms with van der Waals surface area (Å²) in [6, 6.07) is 0. The molecule has 0 bridgehead atoms. The molecule has 1 unspecified atom stereocenters. The van der Waals surface area contributed by atoms with Crippen LogP contribution >= 0.6 is 12.4 Å².